The van der Waals surface area contributed by atoms with Crippen LogP contribution >= 0.6 is 0 Å². The minimum Gasteiger partial charge on any atom is -0.371 e. The third-order valence-corrected chi connectivity index (χ3v) is 8.27. The fourth-order valence-corrected chi connectivity index (χ4v) is 5.50. The molecule has 2 heterocycles. The van der Waals surface area contributed by atoms with E-state index in [4.69, 9.17) is 0 Å². The molecule has 0 N–H and O–H groups in total. The number of hydrogen-bond acceptors (Lipinski definition) is 4. The number of para-hydroxylation sites is 1. The zero-order valence-electron chi connectivity index (χ0n) is 18.5. The number of anilines is 2. The average Bonchev–Trinajstić information content (AvgIpc) is 2.79. The molecule has 31 heavy (non-hydrogen) atoms. The van der Waals surface area contributed by atoms with Crippen LogP contribution < -0.4 is 9.80 Å². The van der Waals surface area contributed by atoms with Gasteiger partial charge in [0.25, 0.3) is 5.91 Å². The Kier molecular flexibility index (Phi) is 6.08. The van der Waals surface area contributed by atoms with Crippen LogP contribution in [-0.4, -0.2) is 52.4 Å². The molecule has 6 nitrogen and oxygen atoms in total. The average molecular weight is 442 g/mol. The van der Waals surface area contributed by atoms with E-state index < -0.39 is 10.0 Å². The maximum atomic E-state index is 13.9. The summed E-state index contributed by atoms with van der Waals surface area (Å²) in [7, 11) is -0.613. The summed E-state index contributed by atoms with van der Waals surface area (Å²) in [6.07, 6.45) is 4.23. The Morgan fingerprint density at radius 3 is 2.39 bits per heavy atom. The first-order valence-corrected chi connectivity index (χ1v) is 12.5. The lowest BCUT2D eigenvalue weighted by molar-refractivity contribution is 0.0984. The summed E-state index contributed by atoms with van der Waals surface area (Å²) in [4.78, 5) is 18.1. The molecule has 2 aromatic carbocycles. The van der Waals surface area contributed by atoms with Gasteiger partial charge in [-0.25, -0.2) is 12.7 Å². The Bertz CT molecular complexity index is 1080. The monoisotopic (exact) mass is 441 g/mol. The maximum absolute atomic E-state index is 13.9. The van der Waals surface area contributed by atoms with Gasteiger partial charge in [-0.3, -0.25) is 4.79 Å². The first-order chi connectivity index (χ1) is 14.8. The fourth-order valence-electron chi connectivity index (χ4n) is 4.57. The lowest BCUT2D eigenvalue weighted by Gasteiger charge is -2.35. The van der Waals surface area contributed by atoms with Crippen molar-refractivity contribution in [1.82, 2.24) is 4.31 Å². The van der Waals surface area contributed by atoms with E-state index in [2.05, 4.69) is 17.9 Å². The second-order valence-electron chi connectivity index (χ2n) is 8.72. The molecule has 0 aromatic heterocycles. The van der Waals surface area contributed by atoms with Crippen LogP contribution in [0.4, 0.5) is 11.4 Å². The van der Waals surface area contributed by atoms with Crippen LogP contribution in [0, 0.1) is 0 Å². The largest absolute Gasteiger partial charge is 0.371 e. The van der Waals surface area contributed by atoms with E-state index >= 15 is 0 Å². The molecule has 4 rings (SSSR count). The minimum atomic E-state index is -3.64. The summed E-state index contributed by atoms with van der Waals surface area (Å²) in [6, 6.07) is 13.0. The number of nitrogens with zero attached hydrogens (tertiary/aromatic N) is 3. The van der Waals surface area contributed by atoms with E-state index in [0.29, 0.717) is 18.0 Å². The molecule has 0 saturated carbocycles. The smallest absolute Gasteiger partial charge is 0.260 e. The van der Waals surface area contributed by atoms with Crippen molar-refractivity contribution in [3.63, 3.8) is 0 Å². The molecular weight excluding hydrogens is 410 g/mol. The van der Waals surface area contributed by atoms with Crippen LogP contribution in [0.25, 0.3) is 0 Å². The lowest BCUT2D eigenvalue weighted by atomic mass is 9.91. The van der Waals surface area contributed by atoms with E-state index in [-0.39, 0.29) is 10.8 Å². The van der Waals surface area contributed by atoms with Crippen LogP contribution in [0.15, 0.2) is 47.4 Å². The Morgan fingerprint density at radius 1 is 0.968 bits per heavy atom. The summed E-state index contributed by atoms with van der Waals surface area (Å²) in [5.74, 6) is 0.262. The van der Waals surface area contributed by atoms with Gasteiger partial charge in [0, 0.05) is 45.1 Å². The quantitative estimate of drug-likeness (QED) is 0.717. The Hall–Kier alpha value is -2.38. The molecule has 1 saturated heterocycles. The van der Waals surface area contributed by atoms with Gasteiger partial charge in [-0.15, -0.1) is 0 Å². The molecule has 2 aromatic rings. The highest BCUT2D eigenvalue weighted by Gasteiger charge is 2.31. The molecule has 1 amide bonds. The van der Waals surface area contributed by atoms with Gasteiger partial charge in [-0.1, -0.05) is 25.1 Å². The first-order valence-electron chi connectivity index (χ1n) is 11.0. The summed E-state index contributed by atoms with van der Waals surface area (Å²) < 4.78 is 26.8. The number of sulfonamides is 1. The predicted molar refractivity (Wildman–Crippen MR) is 125 cm³/mol. The van der Waals surface area contributed by atoms with Gasteiger partial charge < -0.3 is 9.80 Å². The number of hydrogen-bond donors (Lipinski definition) is 0. The number of piperidine rings is 1. The Morgan fingerprint density at radius 2 is 1.68 bits per heavy atom. The van der Waals surface area contributed by atoms with Gasteiger partial charge >= 0.3 is 0 Å². The zero-order chi connectivity index (χ0) is 22.2. The number of carbonyl (C=O) groups excluding carboxylic acids is 1. The second kappa shape index (κ2) is 8.63. The van der Waals surface area contributed by atoms with E-state index in [9.17, 15) is 13.2 Å². The topological polar surface area (TPSA) is 60.9 Å². The van der Waals surface area contributed by atoms with E-state index in [1.807, 2.05) is 29.2 Å². The normalized spacial score (nSPS) is 19.4. The highest BCUT2D eigenvalue weighted by atomic mass is 32.2. The second-order valence-corrected chi connectivity index (χ2v) is 10.9. The van der Waals surface area contributed by atoms with Gasteiger partial charge in [-0.2, -0.15) is 0 Å². The lowest BCUT2D eigenvalue weighted by Crippen LogP contribution is -2.38. The van der Waals surface area contributed by atoms with Gasteiger partial charge in [0.2, 0.25) is 10.0 Å². The molecule has 1 atom stereocenters. The van der Waals surface area contributed by atoms with Crippen LogP contribution in [0.1, 0.15) is 54.4 Å². The van der Waals surface area contributed by atoms with Crippen molar-refractivity contribution < 1.29 is 13.2 Å². The Balaban J connectivity index is 1.81. The highest BCUT2D eigenvalue weighted by molar-refractivity contribution is 7.89. The molecule has 0 aliphatic carbocycles. The molecule has 166 valence electrons. The molecule has 7 heteroatoms. The van der Waals surface area contributed by atoms with Crippen molar-refractivity contribution in [2.24, 2.45) is 0 Å². The van der Waals surface area contributed by atoms with Gasteiger partial charge in [0.1, 0.15) is 0 Å². The van der Waals surface area contributed by atoms with Crippen molar-refractivity contribution in [2.75, 3.05) is 43.5 Å². The number of rotatable bonds is 4. The number of carbonyl (C=O) groups is 1. The summed E-state index contributed by atoms with van der Waals surface area (Å²) in [6.45, 7) is 4.58. The number of amides is 1. The zero-order valence-corrected chi connectivity index (χ0v) is 19.4. The summed E-state index contributed by atoms with van der Waals surface area (Å²) >= 11 is 0. The molecule has 0 spiro atoms. The third-order valence-electron chi connectivity index (χ3n) is 6.46. The molecule has 1 fully saturated rings. The molecule has 0 radical (unpaired) electrons. The van der Waals surface area contributed by atoms with Crippen LogP contribution in [0.3, 0.4) is 0 Å². The van der Waals surface area contributed by atoms with Crippen molar-refractivity contribution >= 4 is 27.3 Å². The van der Waals surface area contributed by atoms with E-state index in [1.165, 1.54) is 30.4 Å². The van der Waals surface area contributed by atoms with E-state index in [0.717, 1.165) is 43.7 Å². The fraction of sp³-hybridized carbons (Fsp3) is 0.458. The molecular formula is C24H31N3O3S. The van der Waals surface area contributed by atoms with Gasteiger partial charge in [-0.05, 0) is 61.4 Å². The van der Waals surface area contributed by atoms with Crippen LogP contribution in [-0.2, 0) is 10.0 Å². The van der Waals surface area contributed by atoms with Crippen molar-refractivity contribution in [2.45, 2.75) is 43.4 Å². The number of fused-ring (bicyclic) bond motifs is 1. The summed E-state index contributed by atoms with van der Waals surface area (Å²) in [5, 5.41) is 0. The maximum Gasteiger partial charge on any atom is 0.260 e. The predicted octanol–water partition coefficient (Wildman–Crippen LogP) is 4.08. The molecule has 0 bridgehead atoms. The van der Waals surface area contributed by atoms with Crippen LogP contribution in [0.2, 0.25) is 0 Å². The first kappa shape index (κ1) is 21.8. The summed E-state index contributed by atoms with van der Waals surface area (Å²) in [5.41, 5.74) is 3.39. The van der Waals surface area contributed by atoms with Crippen molar-refractivity contribution in [3.05, 3.63) is 53.6 Å². The van der Waals surface area contributed by atoms with Gasteiger partial charge in [0.15, 0.2) is 0 Å². The molecule has 2 aliphatic rings. The van der Waals surface area contributed by atoms with Gasteiger partial charge in [0.05, 0.1) is 10.5 Å². The standard InChI is InChI=1S/C24H31N3O3S/c1-18-13-16-27(23-10-6-5-9-20(18)23)24(28)21-17-19(31(29,30)25(2)3)11-12-22(21)26-14-7-4-8-15-26/h5-6,9-12,17-18H,4,7-8,13-16H2,1-3H3. The van der Waals surface area contributed by atoms with Crippen molar-refractivity contribution in [3.8, 4) is 0 Å². The SMILES string of the molecule is CC1CCN(C(=O)c2cc(S(=O)(=O)N(C)C)ccc2N2CCCCC2)c2ccccc21. The van der Waals surface area contributed by atoms with E-state index in [1.54, 1.807) is 12.1 Å². The Labute approximate surface area is 185 Å². The minimum absolute atomic E-state index is 0.129. The number of benzene rings is 2. The highest BCUT2D eigenvalue weighted by Crippen LogP contribution is 2.37. The molecule has 2 aliphatic heterocycles. The van der Waals surface area contributed by atoms with Crippen molar-refractivity contribution in [1.29, 1.82) is 0 Å². The van der Waals surface area contributed by atoms with Crippen LogP contribution in [0.5, 0.6) is 0 Å². The third kappa shape index (κ3) is 4.08. The molecule has 1 unspecified atom stereocenters.